The largest absolute Gasteiger partial charge is 0.447 e. The van der Waals surface area contributed by atoms with Gasteiger partial charge in [0.15, 0.2) is 0 Å². The summed E-state index contributed by atoms with van der Waals surface area (Å²) in [5.41, 5.74) is 5.95. The van der Waals surface area contributed by atoms with E-state index in [1.54, 1.807) is 24.3 Å². The lowest BCUT2D eigenvalue weighted by molar-refractivity contribution is -0.160. The number of ether oxygens (including phenoxy) is 1. The van der Waals surface area contributed by atoms with Gasteiger partial charge in [-0.1, -0.05) is 49.6 Å². The first-order chi connectivity index (χ1) is 9.18. The lowest BCUT2D eigenvalue weighted by atomic mass is 9.89. The van der Waals surface area contributed by atoms with Crippen LogP contribution in [0.3, 0.4) is 0 Å². The van der Waals surface area contributed by atoms with E-state index in [2.05, 4.69) is 0 Å². The van der Waals surface area contributed by atoms with Crippen LogP contribution in [0.25, 0.3) is 0 Å². The maximum absolute atomic E-state index is 12.1. The molecular weight excluding hydrogens is 242 g/mol. The van der Waals surface area contributed by atoms with Gasteiger partial charge in [0.1, 0.15) is 0 Å². The number of carbonyl (C=O) groups is 2. The van der Waals surface area contributed by atoms with Crippen LogP contribution in [0, 0.1) is 5.92 Å². The fourth-order valence-electron chi connectivity index (χ4n) is 2.47. The molecule has 4 nitrogen and oxygen atoms in total. The number of carbonyl (C=O) groups excluding carboxylic acids is 2. The summed E-state index contributed by atoms with van der Waals surface area (Å²) in [7, 11) is 0. The second kappa shape index (κ2) is 6.36. The number of esters is 1. The van der Waals surface area contributed by atoms with E-state index in [9.17, 15) is 9.59 Å². The monoisotopic (exact) mass is 261 g/mol. The predicted octanol–water partition coefficient (Wildman–Crippen LogP) is 2.34. The zero-order valence-corrected chi connectivity index (χ0v) is 10.9. The van der Waals surface area contributed by atoms with Gasteiger partial charge in [0, 0.05) is 5.56 Å². The Kier molecular flexibility index (Phi) is 4.55. The minimum atomic E-state index is -0.976. The molecule has 1 fully saturated rings. The standard InChI is InChI=1S/C15H19NO3/c16-14(17)13(11-7-3-1-4-8-11)19-15(18)12-9-5-2-6-10-12/h1,3-4,7-8,12-13H,2,5-6,9-10H2,(H2,16,17). The number of primary amides is 1. The molecule has 4 heteroatoms. The fraction of sp³-hybridized carbons (Fsp3) is 0.467. The Bertz CT molecular complexity index is 438. The van der Waals surface area contributed by atoms with Crippen LogP contribution in [0.1, 0.15) is 43.8 Å². The van der Waals surface area contributed by atoms with Crippen LogP contribution in [-0.2, 0) is 14.3 Å². The van der Waals surface area contributed by atoms with E-state index in [1.807, 2.05) is 6.07 Å². The summed E-state index contributed by atoms with van der Waals surface area (Å²) in [6.45, 7) is 0. The fourth-order valence-corrected chi connectivity index (χ4v) is 2.47. The minimum absolute atomic E-state index is 0.0840. The first-order valence-electron chi connectivity index (χ1n) is 6.73. The Morgan fingerprint density at radius 3 is 2.32 bits per heavy atom. The molecule has 1 saturated carbocycles. The summed E-state index contributed by atoms with van der Waals surface area (Å²) in [5.74, 6) is -1.01. The molecule has 1 amide bonds. The molecule has 0 aromatic heterocycles. The summed E-state index contributed by atoms with van der Waals surface area (Å²) in [4.78, 5) is 23.5. The summed E-state index contributed by atoms with van der Waals surface area (Å²) in [6.07, 6.45) is 3.98. The average Bonchev–Trinajstić information content (AvgIpc) is 2.46. The molecule has 1 aromatic carbocycles. The summed E-state index contributed by atoms with van der Waals surface area (Å²) >= 11 is 0. The Hall–Kier alpha value is -1.84. The van der Waals surface area contributed by atoms with Gasteiger partial charge in [0.05, 0.1) is 5.92 Å². The van der Waals surface area contributed by atoms with Gasteiger partial charge in [0.2, 0.25) is 6.10 Å². The minimum Gasteiger partial charge on any atom is -0.447 e. The number of amides is 1. The molecule has 0 bridgehead atoms. The van der Waals surface area contributed by atoms with Crippen LogP contribution in [0.4, 0.5) is 0 Å². The maximum Gasteiger partial charge on any atom is 0.310 e. The van der Waals surface area contributed by atoms with Crippen molar-refractivity contribution in [3.63, 3.8) is 0 Å². The Morgan fingerprint density at radius 2 is 1.74 bits per heavy atom. The summed E-state index contributed by atoms with van der Waals surface area (Å²) < 4.78 is 5.32. The second-order valence-electron chi connectivity index (χ2n) is 4.96. The molecule has 0 radical (unpaired) electrons. The highest BCUT2D eigenvalue weighted by atomic mass is 16.5. The number of rotatable bonds is 4. The van der Waals surface area contributed by atoms with E-state index in [4.69, 9.17) is 10.5 Å². The van der Waals surface area contributed by atoms with Crippen molar-refractivity contribution in [2.75, 3.05) is 0 Å². The normalized spacial score (nSPS) is 17.7. The zero-order chi connectivity index (χ0) is 13.7. The van der Waals surface area contributed by atoms with Crippen LogP contribution in [0.2, 0.25) is 0 Å². The van der Waals surface area contributed by atoms with Crippen LogP contribution in [0.15, 0.2) is 30.3 Å². The molecule has 0 heterocycles. The maximum atomic E-state index is 12.1. The second-order valence-corrected chi connectivity index (χ2v) is 4.96. The van der Waals surface area contributed by atoms with E-state index < -0.39 is 12.0 Å². The van der Waals surface area contributed by atoms with Crippen molar-refractivity contribution in [3.8, 4) is 0 Å². The molecule has 0 saturated heterocycles. The third-order valence-electron chi connectivity index (χ3n) is 3.53. The first-order valence-corrected chi connectivity index (χ1v) is 6.73. The van der Waals surface area contributed by atoms with Crippen LogP contribution in [-0.4, -0.2) is 11.9 Å². The summed E-state index contributed by atoms with van der Waals surface area (Å²) in [5, 5.41) is 0. The van der Waals surface area contributed by atoms with Crippen LogP contribution in [0.5, 0.6) is 0 Å². The highest BCUT2D eigenvalue weighted by Crippen LogP contribution is 2.27. The smallest absolute Gasteiger partial charge is 0.310 e. The Balaban J connectivity index is 2.04. The van der Waals surface area contributed by atoms with E-state index >= 15 is 0 Å². The summed E-state index contributed by atoms with van der Waals surface area (Å²) in [6, 6.07) is 8.90. The molecule has 1 aromatic rings. The van der Waals surface area contributed by atoms with Gasteiger partial charge in [-0.25, -0.2) is 0 Å². The van der Waals surface area contributed by atoms with Crippen molar-refractivity contribution in [1.29, 1.82) is 0 Å². The molecule has 19 heavy (non-hydrogen) atoms. The van der Waals surface area contributed by atoms with E-state index in [-0.39, 0.29) is 11.9 Å². The van der Waals surface area contributed by atoms with Gasteiger partial charge in [-0.15, -0.1) is 0 Å². The predicted molar refractivity (Wildman–Crippen MR) is 71.0 cm³/mol. The topological polar surface area (TPSA) is 69.4 Å². The van der Waals surface area contributed by atoms with Crippen LogP contribution < -0.4 is 5.73 Å². The highest BCUT2D eigenvalue weighted by Gasteiger charge is 2.28. The number of hydrogen-bond donors (Lipinski definition) is 1. The van der Waals surface area contributed by atoms with Gasteiger partial charge in [0.25, 0.3) is 5.91 Å². The molecule has 1 aliphatic carbocycles. The van der Waals surface area contributed by atoms with Gasteiger partial charge < -0.3 is 10.5 Å². The molecule has 0 aliphatic heterocycles. The molecule has 1 atom stereocenters. The van der Waals surface area contributed by atoms with Gasteiger partial charge >= 0.3 is 5.97 Å². The lowest BCUT2D eigenvalue weighted by Crippen LogP contribution is -2.29. The molecular formula is C15H19NO3. The molecule has 0 spiro atoms. The SMILES string of the molecule is NC(=O)C(OC(=O)C1CCCCC1)c1ccccc1. The molecule has 1 aliphatic rings. The number of benzene rings is 1. The van der Waals surface area contributed by atoms with Crippen molar-refractivity contribution in [2.24, 2.45) is 11.7 Å². The van der Waals surface area contributed by atoms with Crippen molar-refractivity contribution in [3.05, 3.63) is 35.9 Å². The quantitative estimate of drug-likeness (QED) is 0.846. The molecule has 1 unspecified atom stereocenters. The van der Waals surface area contributed by atoms with Crippen molar-refractivity contribution < 1.29 is 14.3 Å². The van der Waals surface area contributed by atoms with Crippen molar-refractivity contribution >= 4 is 11.9 Å². The van der Waals surface area contributed by atoms with Gasteiger partial charge in [-0.2, -0.15) is 0 Å². The lowest BCUT2D eigenvalue weighted by Gasteiger charge is -2.22. The van der Waals surface area contributed by atoms with Gasteiger partial charge in [-0.05, 0) is 12.8 Å². The number of nitrogens with two attached hydrogens (primary N) is 1. The molecule has 102 valence electrons. The Morgan fingerprint density at radius 1 is 1.11 bits per heavy atom. The van der Waals surface area contributed by atoms with Gasteiger partial charge in [-0.3, -0.25) is 9.59 Å². The average molecular weight is 261 g/mol. The van der Waals surface area contributed by atoms with Crippen LogP contribution >= 0.6 is 0 Å². The van der Waals surface area contributed by atoms with E-state index in [0.29, 0.717) is 5.56 Å². The molecule has 2 N–H and O–H groups in total. The number of hydrogen-bond acceptors (Lipinski definition) is 3. The van der Waals surface area contributed by atoms with E-state index in [1.165, 1.54) is 6.42 Å². The first kappa shape index (κ1) is 13.6. The van der Waals surface area contributed by atoms with Crippen molar-refractivity contribution in [2.45, 2.75) is 38.2 Å². The molecule has 2 rings (SSSR count). The zero-order valence-electron chi connectivity index (χ0n) is 10.9. The highest BCUT2D eigenvalue weighted by molar-refractivity contribution is 5.84. The Labute approximate surface area is 112 Å². The van der Waals surface area contributed by atoms with Crippen molar-refractivity contribution in [1.82, 2.24) is 0 Å². The van der Waals surface area contributed by atoms with E-state index in [0.717, 1.165) is 25.7 Å². The third-order valence-corrected chi connectivity index (χ3v) is 3.53. The third kappa shape index (κ3) is 3.56.